The van der Waals surface area contributed by atoms with Gasteiger partial charge in [0.25, 0.3) is 5.91 Å². The molecule has 2 atom stereocenters. The van der Waals surface area contributed by atoms with Crippen LogP contribution in [0.4, 0.5) is 10.7 Å². The Labute approximate surface area is 192 Å². The van der Waals surface area contributed by atoms with E-state index in [1.54, 1.807) is 31.4 Å². The molecule has 3 rings (SSSR count). The molecule has 0 aliphatic heterocycles. The van der Waals surface area contributed by atoms with Gasteiger partial charge in [0.15, 0.2) is 0 Å². The van der Waals surface area contributed by atoms with E-state index in [1.165, 1.54) is 11.3 Å². The monoisotopic (exact) mass is 458 g/mol. The number of rotatable bonds is 8. The van der Waals surface area contributed by atoms with E-state index in [0.29, 0.717) is 34.2 Å². The predicted octanol–water partition coefficient (Wildman–Crippen LogP) is 4.61. The lowest BCUT2D eigenvalue weighted by Crippen LogP contribution is -2.30. The van der Waals surface area contributed by atoms with Crippen LogP contribution in [0, 0.1) is 11.3 Å². The van der Waals surface area contributed by atoms with Crippen molar-refractivity contribution in [2.75, 3.05) is 17.7 Å². The maximum atomic E-state index is 13.3. The summed E-state index contributed by atoms with van der Waals surface area (Å²) in [6.07, 6.45) is 2.96. The van der Waals surface area contributed by atoms with Gasteiger partial charge < -0.3 is 25.3 Å². The first-order valence-corrected chi connectivity index (χ1v) is 11.5. The molecule has 1 aliphatic carbocycles. The maximum Gasteiger partial charge on any atom is 0.326 e. The lowest BCUT2D eigenvalue weighted by atomic mass is 9.72. The van der Waals surface area contributed by atoms with E-state index in [0.717, 1.165) is 29.7 Å². The van der Waals surface area contributed by atoms with Crippen molar-refractivity contribution in [2.24, 2.45) is 11.3 Å². The second kappa shape index (κ2) is 9.73. The fraction of sp³-hybridized carbons (Fsp3) is 0.458. The highest BCUT2D eigenvalue weighted by molar-refractivity contribution is 7.16. The minimum Gasteiger partial charge on any atom is -0.497 e. The molecule has 3 N–H and O–H groups in total. The number of ether oxygens (including phenoxy) is 1. The highest BCUT2D eigenvalue weighted by atomic mass is 32.1. The molecule has 7 nitrogen and oxygen atoms in total. The van der Waals surface area contributed by atoms with Crippen molar-refractivity contribution in [3.8, 4) is 5.75 Å². The Morgan fingerprint density at radius 2 is 1.97 bits per heavy atom. The van der Waals surface area contributed by atoms with Crippen LogP contribution in [0.1, 0.15) is 54.4 Å². The zero-order valence-corrected chi connectivity index (χ0v) is 19.7. The Morgan fingerprint density at radius 1 is 1.28 bits per heavy atom. The molecule has 1 amide bonds. The van der Waals surface area contributed by atoms with Crippen LogP contribution < -0.4 is 15.4 Å². The van der Waals surface area contributed by atoms with Crippen molar-refractivity contribution >= 4 is 40.2 Å². The molecule has 2 aromatic rings. The second-order valence-electron chi connectivity index (χ2n) is 9.13. The molecular formula is C24H30N2O5S. The van der Waals surface area contributed by atoms with E-state index < -0.39 is 12.0 Å². The smallest absolute Gasteiger partial charge is 0.326 e. The molecular weight excluding hydrogens is 428 g/mol. The number of benzene rings is 1. The average molecular weight is 459 g/mol. The fourth-order valence-electron chi connectivity index (χ4n) is 4.01. The van der Waals surface area contributed by atoms with Crippen LogP contribution >= 0.6 is 11.3 Å². The molecule has 0 saturated heterocycles. The summed E-state index contributed by atoms with van der Waals surface area (Å²) >= 11 is 1.43. The van der Waals surface area contributed by atoms with Crippen LogP contribution in [0.3, 0.4) is 0 Å². The lowest BCUT2D eigenvalue weighted by Gasteiger charge is -2.33. The Morgan fingerprint density at radius 3 is 2.53 bits per heavy atom. The second-order valence-corrected chi connectivity index (χ2v) is 10.2. The number of hydrogen-bond donors (Lipinski definition) is 3. The molecule has 1 heterocycles. The number of aliphatic carboxylic acids is 1. The number of carbonyl (C=O) groups is 3. The van der Waals surface area contributed by atoms with E-state index in [2.05, 4.69) is 31.4 Å². The van der Waals surface area contributed by atoms with Crippen molar-refractivity contribution in [1.82, 2.24) is 0 Å². The standard InChI is InChI=1S/C24H30N2O5S/c1-24(2,3)14-5-10-17-19(13-14)32-22(26-18(11-12-27)23(29)30)20(17)21(28)25-15-6-8-16(31-4)9-7-15/h6-9,12,14,18,26H,5,10-11,13H2,1-4H3,(H,25,28)(H,29,30). The van der Waals surface area contributed by atoms with Gasteiger partial charge in [-0.1, -0.05) is 20.8 Å². The van der Waals surface area contributed by atoms with Crippen molar-refractivity contribution in [2.45, 2.75) is 52.5 Å². The van der Waals surface area contributed by atoms with Gasteiger partial charge in [-0.2, -0.15) is 0 Å². The quantitative estimate of drug-likeness (QED) is 0.499. The summed E-state index contributed by atoms with van der Waals surface area (Å²) < 4.78 is 5.16. The van der Waals surface area contributed by atoms with Gasteiger partial charge in [0.1, 0.15) is 23.1 Å². The van der Waals surface area contributed by atoms with Crippen LogP contribution in [-0.4, -0.2) is 36.4 Å². The van der Waals surface area contributed by atoms with Gasteiger partial charge in [0.05, 0.1) is 12.7 Å². The highest BCUT2D eigenvalue weighted by Gasteiger charge is 2.34. The molecule has 32 heavy (non-hydrogen) atoms. The van der Waals surface area contributed by atoms with Gasteiger partial charge in [-0.05, 0) is 60.4 Å². The van der Waals surface area contributed by atoms with E-state index >= 15 is 0 Å². The third-order valence-electron chi connectivity index (χ3n) is 6.00. The summed E-state index contributed by atoms with van der Waals surface area (Å²) in [5.41, 5.74) is 2.21. The first kappa shape index (κ1) is 23.8. The van der Waals surface area contributed by atoms with Gasteiger partial charge in [0, 0.05) is 17.0 Å². The Bertz CT molecular complexity index is 991. The number of nitrogens with one attached hydrogen (secondary N) is 2. The summed E-state index contributed by atoms with van der Waals surface area (Å²) in [6, 6.07) is 5.95. The Balaban J connectivity index is 1.96. The molecule has 1 aromatic heterocycles. The van der Waals surface area contributed by atoms with E-state index in [-0.39, 0.29) is 17.7 Å². The summed E-state index contributed by atoms with van der Waals surface area (Å²) in [6.45, 7) is 6.66. The van der Waals surface area contributed by atoms with Gasteiger partial charge in [-0.15, -0.1) is 11.3 Å². The van der Waals surface area contributed by atoms with Crippen molar-refractivity contribution < 1.29 is 24.2 Å². The molecule has 1 aromatic carbocycles. The molecule has 1 aliphatic rings. The average Bonchev–Trinajstić information content (AvgIpc) is 3.10. The van der Waals surface area contributed by atoms with E-state index in [4.69, 9.17) is 4.74 Å². The van der Waals surface area contributed by atoms with Crippen molar-refractivity contribution in [1.29, 1.82) is 0 Å². The lowest BCUT2D eigenvalue weighted by molar-refractivity contribution is -0.138. The molecule has 2 unspecified atom stereocenters. The molecule has 172 valence electrons. The molecule has 0 saturated carbocycles. The van der Waals surface area contributed by atoms with Crippen LogP contribution in [0.5, 0.6) is 5.75 Å². The molecule has 0 fully saturated rings. The third-order valence-corrected chi connectivity index (χ3v) is 7.19. The summed E-state index contributed by atoms with van der Waals surface area (Å²) in [5, 5.41) is 15.9. The number of aldehydes is 1. The number of methoxy groups -OCH3 is 1. The molecule has 0 spiro atoms. The predicted molar refractivity (Wildman–Crippen MR) is 126 cm³/mol. The first-order chi connectivity index (χ1) is 15.1. The number of thiophene rings is 1. The zero-order chi connectivity index (χ0) is 23.5. The number of anilines is 2. The summed E-state index contributed by atoms with van der Waals surface area (Å²) in [5.74, 6) is -0.258. The number of hydrogen-bond acceptors (Lipinski definition) is 6. The van der Waals surface area contributed by atoms with E-state index in [9.17, 15) is 19.5 Å². The van der Waals surface area contributed by atoms with Crippen LogP contribution in [0.2, 0.25) is 0 Å². The van der Waals surface area contributed by atoms with Gasteiger partial charge in [0.2, 0.25) is 0 Å². The fourth-order valence-corrected chi connectivity index (χ4v) is 5.39. The topological polar surface area (TPSA) is 105 Å². The Kier molecular flexibility index (Phi) is 7.23. The minimum absolute atomic E-state index is 0.141. The highest BCUT2D eigenvalue weighted by Crippen LogP contribution is 2.44. The van der Waals surface area contributed by atoms with Crippen LogP contribution in [-0.2, 0) is 22.4 Å². The number of carboxylic acids is 1. The number of carbonyl (C=O) groups excluding carboxylic acids is 2. The normalized spacial score (nSPS) is 16.6. The summed E-state index contributed by atoms with van der Waals surface area (Å²) in [4.78, 5) is 37.0. The summed E-state index contributed by atoms with van der Waals surface area (Å²) in [7, 11) is 1.58. The van der Waals surface area contributed by atoms with Gasteiger partial charge in [-0.3, -0.25) is 4.79 Å². The van der Waals surface area contributed by atoms with Gasteiger partial charge in [-0.25, -0.2) is 4.79 Å². The zero-order valence-electron chi connectivity index (χ0n) is 18.9. The molecule has 8 heteroatoms. The first-order valence-electron chi connectivity index (χ1n) is 10.7. The van der Waals surface area contributed by atoms with Gasteiger partial charge >= 0.3 is 5.97 Å². The number of carboxylic acid groups (broad SMARTS) is 1. The number of amides is 1. The SMILES string of the molecule is COc1ccc(NC(=O)c2c(NC(CC=O)C(=O)O)sc3c2CCC(C(C)(C)C)C3)cc1. The molecule has 0 bridgehead atoms. The van der Waals surface area contributed by atoms with E-state index in [1.807, 2.05) is 0 Å². The van der Waals surface area contributed by atoms with Crippen LogP contribution in [0.25, 0.3) is 0 Å². The van der Waals surface area contributed by atoms with Crippen molar-refractivity contribution in [3.05, 3.63) is 40.3 Å². The maximum absolute atomic E-state index is 13.3. The third kappa shape index (κ3) is 5.30. The minimum atomic E-state index is -1.13. The van der Waals surface area contributed by atoms with Crippen LogP contribution in [0.15, 0.2) is 24.3 Å². The Hall–Kier alpha value is -2.87. The van der Waals surface area contributed by atoms with Crippen molar-refractivity contribution in [3.63, 3.8) is 0 Å². The largest absolute Gasteiger partial charge is 0.497 e. The molecule has 0 radical (unpaired) electrons. The number of fused-ring (bicyclic) bond motifs is 1.